The molecule has 158 valence electrons. The highest BCUT2D eigenvalue weighted by atomic mass is 32.1. The van der Waals surface area contributed by atoms with Crippen molar-refractivity contribution in [1.82, 2.24) is 15.1 Å². The van der Waals surface area contributed by atoms with Crippen LogP contribution in [0.1, 0.15) is 46.4 Å². The van der Waals surface area contributed by atoms with Crippen molar-refractivity contribution in [1.29, 1.82) is 0 Å². The molecule has 1 atom stereocenters. The number of thiophene rings is 1. The lowest BCUT2D eigenvalue weighted by atomic mass is 9.87. The molecular weight excluding hydrogens is 412 g/mol. The third-order valence-electron chi connectivity index (χ3n) is 4.41. The van der Waals surface area contributed by atoms with E-state index in [4.69, 9.17) is 21.7 Å². The summed E-state index contributed by atoms with van der Waals surface area (Å²) >= 11 is 6.59. The van der Waals surface area contributed by atoms with Gasteiger partial charge in [0.05, 0.1) is 32.4 Å². The summed E-state index contributed by atoms with van der Waals surface area (Å²) in [6.45, 7) is 8.58. The second kappa shape index (κ2) is 9.36. The van der Waals surface area contributed by atoms with Crippen molar-refractivity contribution in [2.24, 2.45) is 5.41 Å². The molecule has 2 aromatic heterocycles. The zero-order chi connectivity index (χ0) is 21.8. The van der Waals surface area contributed by atoms with Crippen molar-refractivity contribution in [3.8, 4) is 0 Å². The molecule has 2 N–H and O–H groups in total. The molecule has 0 saturated carbocycles. The number of nitrogens with zero attached hydrogens (tertiary/aromatic N) is 2. The number of nitrogens with one attached hydrogen (secondary N) is 2. The fourth-order valence-corrected chi connectivity index (χ4v) is 4.09. The summed E-state index contributed by atoms with van der Waals surface area (Å²) in [5, 5.41) is 11.4. The molecule has 0 radical (unpaired) electrons. The maximum atomic E-state index is 12.3. The van der Waals surface area contributed by atoms with Gasteiger partial charge in [-0.2, -0.15) is 5.10 Å². The number of rotatable bonds is 6. The number of esters is 2. The summed E-state index contributed by atoms with van der Waals surface area (Å²) in [5.41, 5.74) is 0.634. The van der Waals surface area contributed by atoms with Crippen LogP contribution in [-0.2, 0) is 16.0 Å². The largest absolute Gasteiger partial charge is 0.465 e. The Labute approximate surface area is 179 Å². The van der Waals surface area contributed by atoms with E-state index >= 15 is 0 Å². The Hall–Kier alpha value is -2.46. The van der Waals surface area contributed by atoms with E-state index in [0.717, 1.165) is 11.3 Å². The second-order valence-electron chi connectivity index (χ2n) is 7.49. The molecule has 0 bridgehead atoms. The Morgan fingerprint density at radius 2 is 1.93 bits per heavy atom. The van der Waals surface area contributed by atoms with E-state index in [1.165, 1.54) is 14.2 Å². The van der Waals surface area contributed by atoms with Crippen LogP contribution in [0.2, 0.25) is 0 Å². The number of anilines is 1. The lowest BCUT2D eigenvalue weighted by molar-refractivity contribution is 0.0601. The van der Waals surface area contributed by atoms with Crippen LogP contribution < -0.4 is 10.6 Å². The van der Waals surface area contributed by atoms with E-state index in [9.17, 15) is 9.59 Å². The molecule has 0 aliphatic heterocycles. The SMILES string of the molecule is COC(=O)c1sc(NC(=S)NC(Cn2cccn2)C(C)(C)C)c(C(=O)OC)c1C. The van der Waals surface area contributed by atoms with Gasteiger partial charge in [0.2, 0.25) is 0 Å². The first kappa shape index (κ1) is 22.8. The van der Waals surface area contributed by atoms with Gasteiger partial charge >= 0.3 is 11.9 Å². The molecule has 0 spiro atoms. The molecule has 10 heteroatoms. The summed E-state index contributed by atoms with van der Waals surface area (Å²) in [6, 6.07) is 1.83. The minimum atomic E-state index is -0.553. The van der Waals surface area contributed by atoms with Gasteiger partial charge in [-0.1, -0.05) is 20.8 Å². The Morgan fingerprint density at radius 3 is 2.45 bits per heavy atom. The zero-order valence-electron chi connectivity index (χ0n) is 17.4. The van der Waals surface area contributed by atoms with Crippen LogP contribution in [-0.4, -0.2) is 47.1 Å². The first-order chi connectivity index (χ1) is 13.6. The van der Waals surface area contributed by atoms with Crippen molar-refractivity contribution in [3.63, 3.8) is 0 Å². The second-order valence-corrected chi connectivity index (χ2v) is 8.92. The normalized spacial score (nSPS) is 12.2. The highest BCUT2D eigenvalue weighted by Crippen LogP contribution is 2.34. The highest BCUT2D eigenvalue weighted by molar-refractivity contribution is 7.80. The molecule has 0 aliphatic rings. The van der Waals surface area contributed by atoms with Crippen LogP contribution in [0.15, 0.2) is 18.5 Å². The molecule has 0 saturated heterocycles. The number of carbonyl (C=O) groups is 2. The maximum absolute atomic E-state index is 12.3. The summed E-state index contributed by atoms with van der Waals surface area (Å²) in [4.78, 5) is 24.6. The molecule has 0 fully saturated rings. The van der Waals surface area contributed by atoms with Gasteiger partial charge in [0, 0.05) is 12.4 Å². The van der Waals surface area contributed by atoms with E-state index in [0.29, 0.717) is 27.1 Å². The van der Waals surface area contributed by atoms with Crippen molar-refractivity contribution in [2.75, 3.05) is 19.5 Å². The van der Waals surface area contributed by atoms with Crippen molar-refractivity contribution in [3.05, 3.63) is 34.5 Å². The number of thiocarbonyl (C=S) groups is 1. The van der Waals surface area contributed by atoms with Crippen molar-refractivity contribution in [2.45, 2.75) is 40.3 Å². The van der Waals surface area contributed by atoms with Gasteiger partial charge in [-0.3, -0.25) is 4.68 Å². The number of aromatic nitrogens is 2. The first-order valence-corrected chi connectivity index (χ1v) is 10.2. The van der Waals surface area contributed by atoms with Gasteiger partial charge in [-0.05, 0) is 36.2 Å². The molecule has 2 heterocycles. The average molecular weight is 439 g/mol. The van der Waals surface area contributed by atoms with E-state index in [1.54, 1.807) is 13.1 Å². The van der Waals surface area contributed by atoms with Crippen LogP contribution in [0.25, 0.3) is 0 Å². The molecule has 0 aromatic carbocycles. The first-order valence-electron chi connectivity index (χ1n) is 8.93. The fraction of sp³-hybridized carbons (Fsp3) is 0.474. The molecule has 8 nitrogen and oxygen atoms in total. The molecule has 1 unspecified atom stereocenters. The Balaban J connectivity index is 2.26. The van der Waals surface area contributed by atoms with Crippen LogP contribution in [0, 0.1) is 12.3 Å². The summed E-state index contributed by atoms with van der Waals surface area (Å²) in [7, 11) is 2.58. The Morgan fingerprint density at radius 1 is 1.28 bits per heavy atom. The minimum Gasteiger partial charge on any atom is -0.465 e. The third kappa shape index (κ3) is 5.54. The van der Waals surface area contributed by atoms with Gasteiger partial charge in [-0.15, -0.1) is 11.3 Å². The molecule has 2 aromatic rings. The Bertz CT molecular complexity index is 885. The number of carbonyl (C=O) groups excluding carboxylic acids is 2. The average Bonchev–Trinajstić information content (AvgIpc) is 3.27. The standard InChI is InChI=1S/C19H26N4O4S2/c1-11-13(16(24)26-5)15(29-14(11)17(25)27-6)22-18(28)21-12(19(2,3)4)10-23-9-7-8-20-23/h7-9,12H,10H2,1-6H3,(H2,21,22,28). The van der Waals surface area contributed by atoms with Crippen molar-refractivity contribution < 1.29 is 19.1 Å². The molecular formula is C19H26N4O4S2. The summed E-state index contributed by atoms with van der Waals surface area (Å²) in [6.07, 6.45) is 3.61. The molecule has 29 heavy (non-hydrogen) atoms. The monoisotopic (exact) mass is 438 g/mol. The number of ether oxygens (including phenoxy) is 2. The predicted molar refractivity (Wildman–Crippen MR) is 117 cm³/mol. The summed E-state index contributed by atoms with van der Waals surface area (Å²) < 4.78 is 11.5. The Kier molecular flexibility index (Phi) is 7.37. The maximum Gasteiger partial charge on any atom is 0.348 e. The topological polar surface area (TPSA) is 94.5 Å². The van der Waals surface area contributed by atoms with Crippen LogP contribution in [0.5, 0.6) is 0 Å². The number of methoxy groups -OCH3 is 2. The quantitative estimate of drug-likeness (QED) is 0.524. The number of hydrogen-bond donors (Lipinski definition) is 2. The predicted octanol–water partition coefficient (Wildman–Crippen LogP) is 3.23. The van der Waals surface area contributed by atoms with E-state index < -0.39 is 11.9 Å². The zero-order valence-corrected chi connectivity index (χ0v) is 19.0. The van der Waals surface area contributed by atoms with Gasteiger partial charge in [0.15, 0.2) is 5.11 Å². The third-order valence-corrected chi connectivity index (χ3v) is 5.82. The summed E-state index contributed by atoms with van der Waals surface area (Å²) in [5.74, 6) is -1.07. The van der Waals surface area contributed by atoms with Gasteiger partial charge in [-0.25, -0.2) is 9.59 Å². The lowest BCUT2D eigenvalue weighted by Gasteiger charge is -2.32. The molecule has 0 aliphatic carbocycles. The van der Waals surface area contributed by atoms with Gasteiger partial charge in [0.25, 0.3) is 0 Å². The van der Waals surface area contributed by atoms with E-state index in [2.05, 4.69) is 36.5 Å². The molecule has 0 amide bonds. The van der Waals surface area contributed by atoms with Crippen LogP contribution >= 0.6 is 23.6 Å². The fourth-order valence-electron chi connectivity index (χ4n) is 2.67. The smallest absolute Gasteiger partial charge is 0.348 e. The van der Waals surface area contributed by atoms with E-state index in [-0.39, 0.29) is 17.0 Å². The van der Waals surface area contributed by atoms with E-state index in [1.807, 2.05) is 16.9 Å². The van der Waals surface area contributed by atoms with Crippen LogP contribution in [0.3, 0.4) is 0 Å². The lowest BCUT2D eigenvalue weighted by Crippen LogP contribution is -2.48. The highest BCUT2D eigenvalue weighted by Gasteiger charge is 2.29. The number of hydrogen-bond acceptors (Lipinski definition) is 7. The van der Waals surface area contributed by atoms with Gasteiger partial charge in [0.1, 0.15) is 9.88 Å². The van der Waals surface area contributed by atoms with Crippen LogP contribution in [0.4, 0.5) is 5.00 Å². The van der Waals surface area contributed by atoms with Gasteiger partial charge < -0.3 is 20.1 Å². The van der Waals surface area contributed by atoms with Crippen molar-refractivity contribution >= 4 is 45.6 Å². The molecule has 2 rings (SSSR count). The minimum absolute atomic E-state index is 0.0369.